The van der Waals surface area contributed by atoms with E-state index in [4.69, 9.17) is 5.73 Å². The first-order chi connectivity index (χ1) is 14.0. The summed E-state index contributed by atoms with van der Waals surface area (Å²) < 4.78 is 1.85. The summed E-state index contributed by atoms with van der Waals surface area (Å²) in [4.78, 5) is 33.9. The van der Waals surface area contributed by atoms with Gasteiger partial charge in [0.25, 0.3) is 5.91 Å². The number of hydrogen-bond acceptors (Lipinski definition) is 7. The van der Waals surface area contributed by atoms with Gasteiger partial charge in [-0.2, -0.15) is 10.1 Å². The Labute approximate surface area is 168 Å². The first-order valence-corrected chi connectivity index (χ1v) is 9.69. The molecule has 1 saturated carbocycles. The molecular weight excluding hydrogens is 372 g/mol. The van der Waals surface area contributed by atoms with Crippen LogP contribution in [-0.2, 0) is 4.79 Å². The summed E-state index contributed by atoms with van der Waals surface area (Å²) in [5, 5.41) is 10.8. The molecule has 4 N–H and O–H groups in total. The molecule has 2 aliphatic rings. The second kappa shape index (κ2) is 7.90. The second-order valence-corrected chi connectivity index (χ2v) is 7.36. The number of piperidine rings is 1. The molecule has 29 heavy (non-hydrogen) atoms. The van der Waals surface area contributed by atoms with E-state index in [0.29, 0.717) is 24.4 Å². The van der Waals surface area contributed by atoms with E-state index in [2.05, 4.69) is 32.3 Å². The molecule has 2 aromatic heterocycles. The van der Waals surface area contributed by atoms with Crippen molar-refractivity contribution in [3.05, 3.63) is 36.8 Å². The van der Waals surface area contributed by atoms with E-state index in [-0.39, 0.29) is 17.5 Å². The highest BCUT2D eigenvalue weighted by atomic mass is 16.2. The van der Waals surface area contributed by atoms with Crippen LogP contribution >= 0.6 is 0 Å². The van der Waals surface area contributed by atoms with Crippen molar-refractivity contribution >= 4 is 29.3 Å². The molecule has 0 spiro atoms. The second-order valence-electron chi connectivity index (χ2n) is 7.36. The molecule has 0 aromatic carbocycles. The number of likely N-dealkylation sites (tertiary alicyclic amines) is 1. The predicted octanol–water partition coefficient (Wildman–Crippen LogP) is 1.44. The van der Waals surface area contributed by atoms with E-state index in [0.717, 1.165) is 37.9 Å². The van der Waals surface area contributed by atoms with Gasteiger partial charge in [-0.25, -0.2) is 4.98 Å². The normalized spacial score (nSPS) is 18.9. The number of amides is 2. The molecule has 2 amide bonds. The molecule has 0 unspecified atom stereocenters. The molecule has 10 heteroatoms. The fraction of sp³-hybridized carbons (Fsp3) is 0.421. The van der Waals surface area contributed by atoms with Crippen LogP contribution in [0.2, 0.25) is 0 Å². The molecule has 10 nitrogen and oxygen atoms in total. The summed E-state index contributed by atoms with van der Waals surface area (Å²) >= 11 is 0. The minimum Gasteiger partial charge on any atom is -0.367 e. The van der Waals surface area contributed by atoms with Gasteiger partial charge in [-0.3, -0.25) is 14.3 Å². The zero-order chi connectivity index (χ0) is 20.4. The van der Waals surface area contributed by atoms with E-state index in [1.165, 1.54) is 12.3 Å². The molecule has 152 valence electrons. The van der Waals surface area contributed by atoms with Crippen molar-refractivity contribution in [2.45, 2.75) is 37.8 Å². The summed E-state index contributed by atoms with van der Waals surface area (Å²) in [7, 11) is 0. The van der Waals surface area contributed by atoms with Gasteiger partial charge >= 0.3 is 0 Å². The van der Waals surface area contributed by atoms with Gasteiger partial charge in [-0.1, -0.05) is 6.58 Å². The maximum atomic E-state index is 11.9. The number of nitrogens with zero attached hydrogens (tertiary/aromatic N) is 5. The number of aromatic nitrogens is 4. The Balaban J connectivity index is 1.47. The average molecular weight is 396 g/mol. The van der Waals surface area contributed by atoms with Crippen molar-refractivity contribution in [1.82, 2.24) is 24.6 Å². The first kappa shape index (κ1) is 18.9. The number of nitrogens with one attached hydrogen (secondary N) is 2. The molecule has 3 heterocycles. The molecule has 1 saturated heterocycles. The Hall–Kier alpha value is -3.43. The summed E-state index contributed by atoms with van der Waals surface area (Å²) in [5.41, 5.74) is 6.41. The van der Waals surface area contributed by atoms with Crippen molar-refractivity contribution in [3.63, 3.8) is 0 Å². The first-order valence-electron chi connectivity index (χ1n) is 9.69. The Kier molecular flexibility index (Phi) is 5.15. The highest BCUT2D eigenvalue weighted by Crippen LogP contribution is 2.27. The lowest BCUT2D eigenvalue weighted by Gasteiger charge is -2.32. The van der Waals surface area contributed by atoms with Gasteiger partial charge in [-0.05, 0) is 31.8 Å². The number of nitrogens with two attached hydrogens (primary N) is 1. The van der Waals surface area contributed by atoms with E-state index in [9.17, 15) is 9.59 Å². The molecular formula is C19H24N8O2. The smallest absolute Gasteiger partial charge is 0.254 e. The van der Waals surface area contributed by atoms with E-state index in [1.54, 1.807) is 11.1 Å². The summed E-state index contributed by atoms with van der Waals surface area (Å²) in [6, 6.07) is 0.430. The number of carbonyl (C=O) groups excluding carboxylic acids is 2. The number of anilines is 3. The molecule has 4 rings (SSSR count). The Morgan fingerprint density at radius 2 is 2.10 bits per heavy atom. The van der Waals surface area contributed by atoms with Crippen molar-refractivity contribution in [1.29, 1.82) is 0 Å². The highest BCUT2D eigenvalue weighted by molar-refractivity contribution is 5.97. The SMILES string of the molecule is C=CC(=O)N1CCC[C@H](n2cc(Nc3ncc(C(N)=O)c(NC4CC4)n3)cn2)C1. The number of rotatable bonds is 7. The number of carbonyl (C=O) groups is 2. The highest BCUT2D eigenvalue weighted by Gasteiger charge is 2.25. The quantitative estimate of drug-likeness (QED) is 0.604. The van der Waals surface area contributed by atoms with Gasteiger partial charge < -0.3 is 21.3 Å². The third-order valence-electron chi connectivity index (χ3n) is 5.09. The van der Waals surface area contributed by atoms with E-state index in [1.807, 2.05) is 10.9 Å². The minimum absolute atomic E-state index is 0.0566. The summed E-state index contributed by atoms with van der Waals surface area (Å²) in [6.45, 7) is 4.90. The fourth-order valence-corrected chi connectivity index (χ4v) is 3.38. The zero-order valence-corrected chi connectivity index (χ0v) is 16.0. The zero-order valence-electron chi connectivity index (χ0n) is 16.0. The van der Waals surface area contributed by atoms with Crippen LogP contribution in [0, 0.1) is 0 Å². The van der Waals surface area contributed by atoms with Crippen molar-refractivity contribution in [3.8, 4) is 0 Å². The van der Waals surface area contributed by atoms with Crippen LogP contribution in [0.15, 0.2) is 31.2 Å². The van der Waals surface area contributed by atoms with Gasteiger partial charge in [0.1, 0.15) is 5.82 Å². The van der Waals surface area contributed by atoms with Crippen molar-refractivity contribution in [2.24, 2.45) is 5.73 Å². The third kappa shape index (κ3) is 4.36. The van der Waals surface area contributed by atoms with Gasteiger partial charge in [0.2, 0.25) is 11.9 Å². The Morgan fingerprint density at radius 1 is 1.28 bits per heavy atom. The molecule has 1 atom stereocenters. The molecule has 0 radical (unpaired) electrons. The van der Waals surface area contributed by atoms with E-state index >= 15 is 0 Å². The standard InChI is InChI=1S/C19H24N8O2/c1-2-16(28)26-7-3-4-14(11-26)27-10-13(8-22-27)24-19-21-9-15(17(20)29)18(25-19)23-12-5-6-12/h2,8-10,12,14H,1,3-7,11H2,(H2,20,29)(H2,21,23,24,25)/t14-/m0/s1. The third-order valence-corrected chi connectivity index (χ3v) is 5.09. The van der Waals surface area contributed by atoms with Gasteiger partial charge in [0.05, 0.1) is 23.5 Å². The largest absolute Gasteiger partial charge is 0.367 e. The average Bonchev–Trinajstić information content (AvgIpc) is 3.42. The lowest BCUT2D eigenvalue weighted by Crippen LogP contribution is -2.39. The lowest BCUT2D eigenvalue weighted by molar-refractivity contribution is -0.127. The van der Waals surface area contributed by atoms with Gasteiger partial charge in [0, 0.05) is 31.5 Å². The molecule has 2 aromatic rings. The van der Waals surface area contributed by atoms with Crippen LogP contribution in [0.4, 0.5) is 17.5 Å². The molecule has 1 aliphatic heterocycles. The molecule has 1 aliphatic carbocycles. The molecule has 0 bridgehead atoms. The topological polar surface area (TPSA) is 131 Å². The maximum absolute atomic E-state index is 11.9. The van der Waals surface area contributed by atoms with Crippen LogP contribution < -0.4 is 16.4 Å². The van der Waals surface area contributed by atoms with Crippen LogP contribution in [0.3, 0.4) is 0 Å². The van der Waals surface area contributed by atoms with Crippen LogP contribution in [-0.4, -0.2) is 55.6 Å². The summed E-state index contributed by atoms with van der Waals surface area (Å²) in [5.74, 6) is 0.169. The number of hydrogen-bond donors (Lipinski definition) is 3. The maximum Gasteiger partial charge on any atom is 0.254 e. The van der Waals surface area contributed by atoms with Gasteiger partial charge in [0.15, 0.2) is 0 Å². The van der Waals surface area contributed by atoms with E-state index < -0.39 is 5.91 Å². The van der Waals surface area contributed by atoms with Crippen LogP contribution in [0.1, 0.15) is 42.1 Å². The summed E-state index contributed by atoms with van der Waals surface area (Å²) in [6.07, 6.45) is 10.3. The minimum atomic E-state index is -0.566. The van der Waals surface area contributed by atoms with Gasteiger partial charge in [-0.15, -0.1) is 0 Å². The van der Waals surface area contributed by atoms with Crippen LogP contribution in [0.25, 0.3) is 0 Å². The molecule has 2 fully saturated rings. The lowest BCUT2D eigenvalue weighted by atomic mass is 10.1. The fourth-order valence-electron chi connectivity index (χ4n) is 3.38. The van der Waals surface area contributed by atoms with Crippen molar-refractivity contribution < 1.29 is 9.59 Å². The Morgan fingerprint density at radius 3 is 2.83 bits per heavy atom. The van der Waals surface area contributed by atoms with Crippen LogP contribution in [0.5, 0.6) is 0 Å². The predicted molar refractivity (Wildman–Crippen MR) is 108 cm³/mol. The van der Waals surface area contributed by atoms with Crippen molar-refractivity contribution in [2.75, 3.05) is 23.7 Å². The monoisotopic (exact) mass is 396 g/mol. The Bertz CT molecular complexity index is 936. The number of primary amides is 1.